The van der Waals surface area contributed by atoms with Crippen LogP contribution in [0.3, 0.4) is 0 Å². The lowest BCUT2D eigenvalue weighted by atomic mass is 10.1. The van der Waals surface area contributed by atoms with Crippen molar-refractivity contribution in [3.8, 4) is 0 Å². The molecule has 0 saturated heterocycles. The quantitative estimate of drug-likeness (QED) is 0.744. The number of hydrazone groups is 1. The second-order valence-electron chi connectivity index (χ2n) is 6.87. The van der Waals surface area contributed by atoms with Gasteiger partial charge in [0.25, 0.3) is 5.91 Å². The van der Waals surface area contributed by atoms with E-state index in [-0.39, 0.29) is 36.5 Å². The van der Waals surface area contributed by atoms with Gasteiger partial charge in [-0.25, -0.2) is 5.01 Å². The standard InChI is InChI=1S/C20H27N3O4/c1-5-27-19(25)11-14(3)12-21-20(26)16-8-9-18(24)23(22-16)17-10-13(2)6-7-15(17)4/h6-7,10,14H,5,8-9,11-12H2,1-4H3,(H,21,26)/t14-/m1/s1. The first-order chi connectivity index (χ1) is 12.8. The van der Waals surface area contributed by atoms with Crippen molar-refractivity contribution in [3.05, 3.63) is 29.3 Å². The number of esters is 1. The number of anilines is 1. The minimum absolute atomic E-state index is 0.0473. The van der Waals surface area contributed by atoms with E-state index in [1.165, 1.54) is 5.01 Å². The fraction of sp³-hybridized carbons (Fsp3) is 0.500. The van der Waals surface area contributed by atoms with Gasteiger partial charge in [0.2, 0.25) is 5.91 Å². The van der Waals surface area contributed by atoms with Crippen LogP contribution in [-0.2, 0) is 19.1 Å². The van der Waals surface area contributed by atoms with E-state index >= 15 is 0 Å². The highest BCUT2D eigenvalue weighted by Crippen LogP contribution is 2.25. The summed E-state index contributed by atoms with van der Waals surface area (Å²) < 4.78 is 4.91. The first-order valence-corrected chi connectivity index (χ1v) is 9.23. The van der Waals surface area contributed by atoms with Gasteiger partial charge in [-0.1, -0.05) is 19.1 Å². The van der Waals surface area contributed by atoms with Crippen molar-refractivity contribution in [1.82, 2.24) is 5.32 Å². The molecule has 0 aliphatic carbocycles. The van der Waals surface area contributed by atoms with E-state index in [9.17, 15) is 14.4 Å². The minimum atomic E-state index is -0.312. The Morgan fingerprint density at radius 3 is 2.74 bits per heavy atom. The summed E-state index contributed by atoms with van der Waals surface area (Å²) in [6.07, 6.45) is 0.782. The van der Waals surface area contributed by atoms with Crippen LogP contribution in [0.4, 0.5) is 5.69 Å². The number of ether oxygens (including phenoxy) is 1. The molecule has 7 nitrogen and oxygen atoms in total. The summed E-state index contributed by atoms with van der Waals surface area (Å²) in [5, 5.41) is 8.42. The van der Waals surface area contributed by atoms with Gasteiger partial charge in [-0.15, -0.1) is 0 Å². The van der Waals surface area contributed by atoms with Crippen LogP contribution in [0.2, 0.25) is 0 Å². The van der Waals surface area contributed by atoms with Gasteiger partial charge in [0.1, 0.15) is 5.71 Å². The topological polar surface area (TPSA) is 88.1 Å². The van der Waals surface area contributed by atoms with Gasteiger partial charge in [0.05, 0.1) is 12.3 Å². The second kappa shape index (κ2) is 9.30. The highest BCUT2D eigenvalue weighted by atomic mass is 16.5. The van der Waals surface area contributed by atoms with Crippen LogP contribution in [0.5, 0.6) is 0 Å². The molecule has 0 radical (unpaired) electrons. The summed E-state index contributed by atoms with van der Waals surface area (Å²) in [4.78, 5) is 36.3. The maximum absolute atomic E-state index is 12.5. The number of carbonyl (C=O) groups is 3. The Morgan fingerprint density at radius 1 is 1.30 bits per heavy atom. The van der Waals surface area contributed by atoms with Gasteiger partial charge in [-0.05, 0) is 43.9 Å². The summed E-state index contributed by atoms with van der Waals surface area (Å²) in [6, 6.07) is 5.79. The summed E-state index contributed by atoms with van der Waals surface area (Å²) in [7, 11) is 0. The van der Waals surface area contributed by atoms with E-state index in [4.69, 9.17) is 4.74 Å². The Morgan fingerprint density at radius 2 is 2.04 bits per heavy atom. The van der Waals surface area contributed by atoms with Gasteiger partial charge in [-0.2, -0.15) is 5.10 Å². The average molecular weight is 373 g/mol. The van der Waals surface area contributed by atoms with Crippen LogP contribution in [0.25, 0.3) is 0 Å². The molecule has 1 aliphatic rings. The zero-order valence-electron chi connectivity index (χ0n) is 16.4. The molecule has 1 aromatic carbocycles. The van der Waals surface area contributed by atoms with Crippen LogP contribution in [0.1, 0.15) is 44.2 Å². The SMILES string of the molecule is CCOC(=O)C[C@@H](C)CNC(=O)C1=NN(c2cc(C)ccc2C)C(=O)CC1. The molecule has 0 fully saturated rings. The summed E-state index contributed by atoms with van der Waals surface area (Å²) in [6.45, 7) is 8.16. The van der Waals surface area contributed by atoms with Crippen molar-refractivity contribution in [1.29, 1.82) is 0 Å². The zero-order chi connectivity index (χ0) is 20.0. The molecule has 1 N–H and O–H groups in total. The molecule has 1 heterocycles. The van der Waals surface area contributed by atoms with Crippen molar-refractivity contribution in [2.75, 3.05) is 18.2 Å². The predicted molar refractivity (Wildman–Crippen MR) is 103 cm³/mol. The first-order valence-electron chi connectivity index (χ1n) is 9.23. The fourth-order valence-corrected chi connectivity index (χ4v) is 2.80. The van der Waals surface area contributed by atoms with Gasteiger partial charge >= 0.3 is 5.97 Å². The van der Waals surface area contributed by atoms with E-state index in [1.54, 1.807) is 6.92 Å². The third-order valence-electron chi connectivity index (χ3n) is 4.32. The molecule has 0 bridgehead atoms. The molecule has 1 aromatic rings. The summed E-state index contributed by atoms with van der Waals surface area (Å²) in [5.74, 6) is -0.765. The van der Waals surface area contributed by atoms with Crippen molar-refractivity contribution in [2.45, 2.75) is 47.0 Å². The Kier molecular flexibility index (Phi) is 7.10. The lowest BCUT2D eigenvalue weighted by Crippen LogP contribution is -2.40. The van der Waals surface area contributed by atoms with Crippen LogP contribution in [-0.4, -0.2) is 36.6 Å². The molecule has 2 amide bonds. The fourth-order valence-electron chi connectivity index (χ4n) is 2.80. The summed E-state index contributed by atoms with van der Waals surface area (Å²) >= 11 is 0. The van der Waals surface area contributed by atoms with E-state index in [1.807, 2.05) is 39.0 Å². The lowest BCUT2D eigenvalue weighted by Gasteiger charge is -2.25. The van der Waals surface area contributed by atoms with Crippen molar-refractivity contribution in [2.24, 2.45) is 11.0 Å². The third-order valence-corrected chi connectivity index (χ3v) is 4.32. The van der Waals surface area contributed by atoms with Crippen molar-refractivity contribution >= 4 is 29.2 Å². The van der Waals surface area contributed by atoms with E-state index in [0.717, 1.165) is 11.1 Å². The highest BCUT2D eigenvalue weighted by molar-refractivity contribution is 6.40. The Labute approximate surface area is 159 Å². The second-order valence-corrected chi connectivity index (χ2v) is 6.87. The number of nitrogens with zero attached hydrogens (tertiary/aromatic N) is 2. The monoisotopic (exact) mass is 373 g/mol. The molecule has 27 heavy (non-hydrogen) atoms. The number of carbonyl (C=O) groups excluding carboxylic acids is 3. The molecule has 0 saturated carbocycles. The Bertz CT molecular complexity index is 758. The van der Waals surface area contributed by atoms with Crippen molar-refractivity contribution in [3.63, 3.8) is 0 Å². The van der Waals surface area contributed by atoms with Gasteiger partial charge in [0, 0.05) is 25.8 Å². The average Bonchev–Trinajstić information content (AvgIpc) is 2.62. The first kappa shape index (κ1) is 20.6. The number of hydrogen-bond donors (Lipinski definition) is 1. The smallest absolute Gasteiger partial charge is 0.306 e. The predicted octanol–water partition coefficient (Wildman–Crippen LogP) is 2.49. The molecule has 0 unspecified atom stereocenters. The van der Waals surface area contributed by atoms with Gasteiger partial charge < -0.3 is 10.1 Å². The van der Waals surface area contributed by atoms with Crippen LogP contribution in [0, 0.1) is 19.8 Å². The minimum Gasteiger partial charge on any atom is -0.466 e. The Hall–Kier alpha value is -2.70. The molecule has 7 heteroatoms. The number of rotatable bonds is 7. The highest BCUT2D eigenvalue weighted by Gasteiger charge is 2.26. The molecular formula is C20H27N3O4. The van der Waals surface area contributed by atoms with Gasteiger partial charge in [0.15, 0.2) is 0 Å². The normalized spacial score (nSPS) is 15.2. The molecule has 0 aromatic heterocycles. The number of benzene rings is 1. The van der Waals surface area contributed by atoms with Crippen LogP contribution >= 0.6 is 0 Å². The number of aryl methyl sites for hydroxylation is 2. The molecule has 1 atom stereocenters. The van der Waals surface area contributed by atoms with Crippen molar-refractivity contribution < 1.29 is 19.1 Å². The Balaban J connectivity index is 2.04. The zero-order valence-corrected chi connectivity index (χ0v) is 16.4. The van der Waals surface area contributed by atoms with E-state index < -0.39 is 0 Å². The van der Waals surface area contributed by atoms with Crippen LogP contribution in [0.15, 0.2) is 23.3 Å². The maximum Gasteiger partial charge on any atom is 0.306 e. The number of hydrogen-bond acceptors (Lipinski definition) is 5. The molecule has 0 spiro atoms. The third kappa shape index (κ3) is 5.64. The number of amides is 2. The summed E-state index contributed by atoms with van der Waals surface area (Å²) in [5.41, 5.74) is 2.95. The number of nitrogens with one attached hydrogen (secondary N) is 1. The maximum atomic E-state index is 12.5. The van der Waals surface area contributed by atoms with E-state index in [0.29, 0.717) is 31.0 Å². The van der Waals surface area contributed by atoms with Gasteiger partial charge in [-0.3, -0.25) is 14.4 Å². The molecule has 1 aliphatic heterocycles. The molecule has 146 valence electrons. The van der Waals surface area contributed by atoms with E-state index in [2.05, 4.69) is 10.4 Å². The van der Waals surface area contributed by atoms with Crippen LogP contribution < -0.4 is 10.3 Å². The molecular weight excluding hydrogens is 346 g/mol. The lowest BCUT2D eigenvalue weighted by molar-refractivity contribution is -0.144. The largest absolute Gasteiger partial charge is 0.466 e. The molecule has 2 rings (SSSR count).